The highest BCUT2D eigenvalue weighted by Crippen LogP contribution is 2.06. The van der Waals surface area contributed by atoms with Gasteiger partial charge in [0.1, 0.15) is 51.0 Å². The Kier molecular flexibility index (Phi) is 40.1. The number of rotatable bonds is 51. The Hall–Kier alpha value is -16.0. The molecule has 6 rings (SSSR count). The minimum Gasteiger partial charge on any atom is -0.395 e. The number of hydrogen-bond donors (Lipinski definition) is 17. The highest BCUT2D eigenvalue weighted by atomic mass is 16.3. The van der Waals surface area contributed by atoms with Gasteiger partial charge in [0.25, 0.3) is 39.3 Å². The van der Waals surface area contributed by atoms with Gasteiger partial charge in [-0.25, -0.2) is 28.8 Å². The lowest BCUT2D eigenvalue weighted by molar-refractivity contribution is -0.138. The van der Waals surface area contributed by atoms with Gasteiger partial charge in [-0.1, -0.05) is 0 Å². The summed E-state index contributed by atoms with van der Waals surface area (Å²) in [5.74, 6) is -14.4. The smallest absolute Gasteiger partial charge is 0.329 e. The summed E-state index contributed by atoms with van der Waals surface area (Å²) in [5.41, 5.74) is -1.05. The van der Waals surface area contributed by atoms with Crippen molar-refractivity contribution in [3.63, 3.8) is 0 Å². The summed E-state index contributed by atoms with van der Waals surface area (Å²) in [6.45, 7) is -9.54. The number of nitrogens with one attached hydrogen (secondary N) is 14. The predicted octanol–water partition coefficient (Wildman–Crippen LogP) is -15.7. The highest BCUT2D eigenvalue weighted by molar-refractivity contribution is 5.94. The lowest BCUT2D eigenvalue weighted by Gasteiger charge is -2.26. The normalized spacial score (nSPS) is 11.1. The van der Waals surface area contributed by atoms with Gasteiger partial charge < -0.3 is 88.5 Å². The largest absolute Gasteiger partial charge is 0.395 e. The number of primary amides is 1. The van der Waals surface area contributed by atoms with Crippen molar-refractivity contribution >= 4 is 88.6 Å². The topological polar surface area (TPSA) is 773 Å². The maximum Gasteiger partial charge on any atom is 0.329 e. The van der Waals surface area contributed by atoms with Crippen molar-refractivity contribution in [3.8, 4) is 0 Å². The molecule has 0 radical (unpaired) electrons. The summed E-state index contributed by atoms with van der Waals surface area (Å²) in [7, 11) is 0. The molecule has 6 aromatic heterocycles. The number of carbonyl (C=O) groups excluding carboxylic acids is 15. The van der Waals surface area contributed by atoms with Crippen molar-refractivity contribution in [3.05, 3.63) is 196 Å². The molecule has 6 heterocycles. The second kappa shape index (κ2) is 50.6. The first-order chi connectivity index (χ1) is 62.3. The molecule has 0 aromatic carbocycles. The molecule has 0 saturated heterocycles. The van der Waals surface area contributed by atoms with Crippen LogP contribution in [0.4, 0.5) is 0 Å². The first-order valence-corrected chi connectivity index (χ1v) is 40.6. The Morgan fingerprint density at radius 3 is 0.879 bits per heavy atom. The van der Waals surface area contributed by atoms with E-state index in [9.17, 15) is 135 Å². The van der Waals surface area contributed by atoms with E-state index in [1.54, 1.807) is 0 Å². The van der Waals surface area contributed by atoms with Crippen LogP contribution in [0.3, 0.4) is 0 Å². The zero-order chi connectivity index (χ0) is 97.9. The van der Waals surface area contributed by atoms with Gasteiger partial charge in [-0.05, 0) is 60.4 Å². The maximum absolute atomic E-state index is 14.5. The molecule has 0 saturated carbocycles. The zero-order valence-corrected chi connectivity index (χ0v) is 72.7. The SMILES string of the molecule is CC(=O)NCCN(CC(=O)NCCN(CC(=O)NCCN(CC(=O)NCCN(CC(=O)NCCN(CC(=O)NCCN(CC(=O)N[C@@H](CCCCN)C(N)=O)C(=O)Cn1cc(C)c(=O)[nH]c1=O)C(=O)Cn1cc(C)c(=O)[nH]c1=O)C(=O)Cn1c(C(=O)NCCO)cc(=O)[nH]c1=O)C(=O)Cn1cc(C)c(=O)[nH]c1=O)C(=O)Cn1cc(C)c(=O)[nH]c1=O)C(=O)Cn1cc(C)c(=O)[nH]c1=O. The molecular formula is C76H104N28O28. The van der Waals surface area contributed by atoms with Crippen molar-refractivity contribution in [1.29, 1.82) is 0 Å². The second-order valence-corrected chi connectivity index (χ2v) is 29.8. The van der Waals surface area contributed by atoms with Gasteiger partial charge >= 0.3 is 34.1 Å². The Balaban J connectivity index is 1.22. The Morgan fingerprint density at radius 2 is 0.621 bits per heavy atom. The van der Waals surface area contributed by atoms with Crippen molar-refractivity contribution < 1.29 is 77.0 Å². The molecule has 56 heteroatoms. The lowest BCUT2D eigenvalue weighted by Crippen LogP contribution is -2.51. The average Bonchev–Trinajstić information content (AvgIpc) is 0.814. The third-order valence-electron chi connectivity index (χ3n) is 19.5. The van der Waals surface area contributed by atoms with Gasteiger partial charge in [-0.15, -0.1) is 0 Å². The number of aliphatic hydroxyl groups is 1. The van der Waals surface area contributed by atoms with E-state index >= 15 is 0 Å². The van der Waals surface area contributed by atoms with E-state index in [2.05, 4.69) is 47.5 Å². The van der Waals surface area contributed by atoms with Crippen LogP contribution in [-0.4, -0.2) is 324 Å². The molecule has 19 N–H and O–H groups in total. The van der Waals surface area contributed by atoms with Gasteiger partial charge in [-0.2, -0.15) is 0 Å². The van der Waals surface area contributed by atoms with Crippen LogP contribution >= 0.6 is 0 Å². The fourth-order valence-electron chi connectivity index (χ4n) is 12.4. The van der Waals surface area contributed by atoms with Crippen LogP contribution in [0.15, 0.2) is 94.6 Å². The Morgan fingerprint density at radius 1 is 0.356 bits per heavy atom. The van der Waals surface area contributed by atoms with Gasteiger partial charge in [0.2, 0.25) is 82.7 Å². The number of aromatic nitrogens is 12. The van der Waals surface area contributed by atoms with Crippen molar-refractivity contribution in [2.45, 2.75) is 106 Å². The van der Waals surface area contributed by atoms with Crippen LogP contribution in [0.25, 0.3) is 0 Å². The number of amides is 15. The number of aromatic amines is 6. The summed E-state index contributed by atoms with van der Waals surface area (Å²) in [6, 6.07) is -0.578. The van der Waals surface area contributed by atoms with E-state index in [1.807, 2.05) is 24.9 Å². The first-order valence-electron chi connectivity index (χ1n) is 40.6. The van der Waals surface area contributed by atoms with Crippen LogP contribution in [0, 0.1) is 34.6 Å². The highest BCUT2D eigenvalue weighted by Gasteiger charge is 2.30. The number of H-pyrrole nitrogens is 6. The van der Waals surface area contributed by atoms with Crippen LogP contribution in [0.2, 0.25) is 0 Å². The Bertz CT molecular complexity index is 6100. The van der Waals surface area contributed by atoms with Gasteiger partial charge in [-0.3, -0.25) is 158 Å². The fraction of sp³-hybridized carbons (Fsp3) is 0.487. The van der Waals surface area contributed by atoms with E-state index in [-0.39, 0.29) is 53.9 Å². The summed E-state index contributed by atoms with van der Waals surface area (Å²) >= 11 is 0. The molecule has 132 heavy (non-hydrogen) atoms. The van der Waals surface area contributed by atoms with Crippen LogP contribution in [0.5, 0.6) is 0 Å². The van der Waals surface area contributed by atoms with Crippen LogP contribution in [0.1, 0.15) is 64.5 Å². The molecule has 0 spiro atoms. The van der Waals surface area contributed by atoms with Crippen molar-refractivity contribution in [2.24, 2.45) is 11.5 Å². The van der Waals surface area contributed by atoms with Gasteiger partial charge in [0.15, 0.2) is 0 Å². The van der Waals surface area contributed by atoms with Crippen LogP contribution < -0.4 is 121 Å². The number of hydrogen-bond acceptors (Lipinski definition) is 29. The number of unbranched alkanes of at least 4 members (excludes halogenated alkanes) is 1. The van der Waals surface area contributed by atoms with Crippen molar-refractivity contribution in [2.75, 3.05) is 138 Å². The molecule has 0 fully saturated rings. The summed E-state index contributed by atoms with van der Waals surface area (Å²) in [6.07, 6.45) is 6.20. The van der Waals surface area contributed by atoms with Crippen molar-refractivity contribution in [1.82, 2.24) is 129 Å². The minimum atomic E-state index is -1.33. The molecule has 15 amide bonds. The first kappa shape index (κ1) is 105. The number of aryl methyl sites for hydroxylation is 5. The summed E-state index contributed by atoms with van der Waals surface area (Å²) in [4.78, 5) is 373. The third kappa shape index (κ3) is 33.4. The second-order valence-electron chi connectivity index (χ2n) is 29.8. The summed E-state index contributed by atoms with van der Waals surface area (Å²) in [5, 5.41) is 28.9. The molecule has 6 aromatic rings. The average molecular weight is 1860 g/mol. The minimum absolute atomic E-state index is 0.00509. The van der Waals surface area contributed by atoms with E-state index in [0.717, 1.165) is 78.3 Å². The van der Waals surface area contributed by atoms with Gasteiger partial charge in [0.05, 0.1) is 45.9 Å². The standard InChI is InChI=1S/C76H104N28O28/c1-43-26-99(71(127)88-65(43)121)37-58(114)93(18-11-79-48(6)106)31-52(108)80-12-19-94(59(115)38-100-27-44(2)66(122)89-72(100)128)32-53(109)81-13-20-95(60(116)39-101-28-45(3)67(123)90-73(101)129)33-54(110)83-15-22-97(63(119)42-104-50(70(126)85-17-24-105)25-51(107)87-76(104)132)35-56(112)82-14-21-96(61(117)40-102-29-46(4)68(124)91-74(102)130)34-55(111)84-16-23-98(36-57(113)86-49(64(78)120)9-7-8-10-77)62(118)41-103-30-47(5)69(125)92-75(103)131/h25-30,49,105H,7-24,31-42,77H2,1-6H3,(H2,78,120)(H,79,106)(H,80,108)(H,81,109)(H,82,112)(H,83,110)(H,84,111)(H,85,126)(H,86,113)(H,87,107,132)(H,88,121,127)(H,89,122,128)(H,90,123,129)(H,91,124,130)(H,92,125,131)/t49-/m0/s1. The lowest BCUT2D eigenvalue weighted by atomic mass is 10.1. The van der Waals surface area contributed by atoms with E-state index in [1.165, 1.54) is 41.5 Å². The van der Waals surface area contributed by atoms with E-state index < -0.39 is 325 Å². The molecule has 56 nitrogen and oxygen atoms in total. The zero-order valence-electron chi connectivity index (χ0n) is 72.7. The van der Waals surface area contributed by atoms with E-state index in [4.69, 9.17) is 11.5 Å². The monoisotopic (exact) mass is 1860 g/mol. The fourth-order valence-corrected chi connectivity index (χ4v) is 12.4. The molecule has 1 atom stereocenters. The van der Waals surface area contributed by atoms with Crippen LogP contribution in [-0.2, 0) is 106 Å². The number of nitrogens with two attached hydrogens (primary N) is 2. The van der Waals surface area contributed by atoms with Gasteiger partial charge in [0, 0.05) is 157 Å². The third-order valence-corrected chi connectivity index (χ3v) is 19.5. The predicted molar refractivity (Wildman–Crippen MR) is 458 cm³/mol. The molecule has 716 valence electrons. The molecule has 0 aliphatic heterocycles. The number of aliphatic hydroxyl groups excluding tert-OH is 1. The molecule has 0 unspecified atom stereocenters. The summed E-state index contributed by atoms with van der Waals surface area (Å²) < 4.78 is 4.57. The Labute approximate surface area is 742 Å². The number of nitrogens with zero attached hydrogens (tertiary/aromatic N) is 12. The maximum atomic E-state index is 14.5. The molecule has 0 aliphatic rings. The quantitative estimate of drug-likeness (QED) is 0.0158. The molecular weight excluding hydrogens is 1750 g/mol. The van der Waals surface area contributed by atoms with E-state index in [0.29, 0.717) is 28.4 Å². The molecule has 0 aliphatic carbocycles. The number of carbonyl (C=O) groups is 15. The molecule has 0 bridgehead atoms.